The molecule has 0 fully saturated rings. The van der Waals surface area contributed by atoms with Gasteiger partial charge in [-0.15, -0.1) is 10.2 Å². The van der Waals surface area contributed by atoms with E-state index in [1.165, 1.54) is 4.90 Å². The molecule has 0 unspecified atom stereocenters. The van der Waals surface area contributed by atoms with Gasteiger partial charge in [-0.25, -0.2) is 4.79 Å². The van der Waals surface area contributed by atoms with Crippen LogP contribution in [0, 0.1) is 0 Å². The van der Waals surface area contributed by atoms with Crippen LogP contribution in [-0.4, -0.2) is 49.8 Å². The SMILES string of the molecule is CN(CC(C)(C)O)C(=O)Nc1nnc2ccccn12. The number of carbonyl (C=O) groups excluding carboxylic acids is 1. The summed E-state index contributed by atoms with van der Waals surface area (Å²) in [4.78, 5) is 13.3. The van der Waals surface area contributed by atoms with E-state index >= 15 is 0 Å². The summed E-state index contributed by atoms with van der Waals surface area (Å²) in [5.74, 6) is 0.350. The van der Waals surface area contributed by atoms with Crippen molar-refractivity contribution in [2.24, 2.45) is 0 Å². The number of carbonyl (C=O) groups is 1. The number of rotatable bonds is 3. The number of aliphatic hydroxyl groups is 1. The third-order valence-corrected chi connectivity index (χ3v) is 2.50. The molecule has 0 aliphatic heterocycles. The summed E-state index contributed by atoms with van der Waals surface area (Å²) in [5.41, 5.74) is -0.290. The molecule has 2 rings (SSSR count). The van der Waals surface area contributed by atoms with Gasteiger partial charge in [0.15, 0.2) is 5.65 Å². The van der Waals surface area contributed by atoms with Crippen LogP contribution in [0.4, 0.5) is 10.7 Å². The quantitative estimate of drug-likeness (QED) is 0.864. The number of aromatic nitrogens is 3. The minimum atomic E-state index is -0.945. The van der Waals surface area contributed by atoms with Crippen molar-refractivity contribution in [2.45, 2.75) is 19.4 Å². The Morgan fingerprint density at radius 1 is 1.47 bits per heavy atom. The number of anilines is 1. The molecule has 0 saturated carbocycles. The molecule has 0 aromatic carbocycles. The van der Waals surface area contributed by atoms with Crippen LogP contribution in [0.3, 0.4) is 0 Å². The van der Waals surface area contributed by atoms with E-state index in [2.05, 4.69) is 15.5 Å². The summed E-state index contributed by atoms with van der Waals surface area (Å²) < 4.78 is 1.68. The summed E-state index contributed by atoms with van der Waals surface area (Å²) >= 11 is 0. The van der Waals surface area contributed by atoms with Crippen LogP contribution >= 0.6 is 0 Å². The number of urea groups is 1. The molecule has 2 heterocycles. The van der Waals surface area contributed by atoms with E-state index in [4.69, 9.17) is 0 Å². The molecule has 2 aromatic rings. The second-order valence-corrected chi connectivity index (χ2v) is 5.05. The topological polar surface area (TPSA) is 82.8 Å². The second-order valence-electron chi connectivity index (χ2n) is 5.05. The predicted octanol–water partition coefficient (Wildman–Crippen LogP) is 0.964. The Bertz CT molecular complexity index is 587. The standard InChI is InChI=1S/C12H17N5O2/c1-12(2,19)8-16(3)11(18)13-10-15-14-9-6-4-5-7-17(9)10/h4-7,19H,8H2,1-3H3,(H,13,15,18). The molecule has 0 bridgehead atoms. The molecular weight excluding hydrogens is 246 g/mol. The van der Waals surface area contributed by atoms with E-state index in [0.717, 1.165) is 0 Å². The first-order chi connectivity index (χ1) is 8.87. The Kier molecular flexibility index (Phi) is 3.39. The van der Waals surface area contributed by atoms with Gasteiger partial charge in [0, 0.05) is 13.2 Å². The number of likely N-dealkylation sites (N-methyl/N-ethyl adjacent to an activating group) is 1. The zero-order valence-electron chi connectivity index (χ0n) is 11.2. The highest BCUT2D eigenvalue weighted by molar-refractivity contribution is 5.87. The summed E-state index contributed by atoms with van der Waals surface area (Å²) in [6.07, 6.45) is 1.76. The average Bonchev–Trinajstić information content (AvgIpc) is 2.70. The van der Waals surface area contributed by atoms with Crippen molar-refractivity contribution in [1.82, 2.24) is 19.5 Å². The number of fused-ring (bicyclic) bond motifs is 1. The van der Waals surface area contributed by atoms with Crippen LogP contribution in [0.1, 0.15) is 13.8 Å². The van der Waals surface area contributed by atoms with Crippen molar-refractivity contribution in [2.75, 3.05) is 18.9 Å². The Morgan fingerprint density at radius 3 is 2.89 bits per heavy atom. The van der Waals surface area contributed by atoms with Gasteiger partial charge in [0.25, 0.3) is 0 Å². The first-order valence-corrected chi connectivity index (χ1v) is 5.91. The molecule has 0 atom stereocenters. The molecule has 7 heteroatoms. The monoisotopic (exact) mass is 263 g/mol. The minimum absolute atomic E-state index is 0.218. The summed E-state index contributed by atoms with van der Waals surface area (Å²) in [6.45, 7) is 3.50. The lowest BCUT2D eigenvalue weighted by Crippen LogP contribution is -2.42. The van der Waals surface area contributed by atoms with Crippen LogP contribution in [0.15, 0.2) is 24.4 Å². The van der Waals surface area contributed by atoms with Gasteiger partial charge in [0.05, 0.1) is 12.1 Å². The Hall–Kier alpha value is -2.15. The normalized spacial score (nSPS) is 11.6. The minimum Gasteiger partial charge on any atom is -0.389 e. The fourth-order valence-electron chi connectivity index (χ4n) is 1.77. The average molecular weight is 263 g/mol. The van der Waals surface area contributed by atoms with Crippen molar-refractivity contribution in [3.05, 3.63) is 24.4 Å². The lowest BCUT2D eigenvalue weighted by molar-refractivity contribution is 0.0550. The van der Waals surface area contributed by atoms with Crippen LogP contribution in [0.2, 0.25) is 0 Å². The summed E-state index contributed by atoms with van der Waals surface area (Å²) in [7, 11) is 1.61. The predicted molar refractivity (Wildman–Crippen MR) is 70.9 cm³/mol. The lowest BCUT2D eigenvalue weighted by Gasteiger charge is -2.25. The van der Waals surface area contributed by atoms with Gasteiger partial charge in [-0.2, -0.15) is 0 Å². The van der Waals surface area contributed by atoms with Gasteiger partial charge >= 0.3 is 6.03 Å². The van der Waals surface area contributed by atoms with Gasteiger partial charge in [0.2, 0.25) is 5.95 Å². The fraction of sp³-hybridized carbons (Fsp3) is 0.417. The van der Waals surface area contributed by atoms with E-state index in [1.54, 1.807) is 37.6 Å². The van der Waals surface area contributed by atoms with E-state index in [9.17, 15) is 9.90 Å². The van der Waals surface area contributed by atoms with Crippen LogP contribution in [0.5, 0.6) is 0 Å². The molecule has 0 aliphatic rings. The van der Waals surface area contributed by atoms with Crippen LogP contribution in [-0.2, 0) is 0 Å². The van der Waals surface area contributed by atoms with Crippen molar-refractivity contribution in [1.29, 1.82) is 0 Å². The third kappa shape index (κ3) is 3.19. The highest BCUT2D eigenvalue weighted by Crippen LogP contribution is 2.09. The number of pyridine rings is 1. The lowest BCUT2D eigenvalue weighted by atomic mass is 10.1. The van der Waals surface area contributed by atoms with Gasteiger partial charge in [-0.3, -0.25) is 9.72 Å². The number of hydrogen-bond acceptors (Lipinski definition) is 4. The van der Waals surface area contributed by atoms with Gasteiger partial charge < -0.3 is 10.0 Å². The molecule has 0 spiro atoms. The molecule has 0 radical (unpaired) electrons. The highest BCUT2D eigenvalue weighted by atomic mass is 16.3. The van der Waals surface area contributed by atoms with E-state index in [0.29, 0.717) is 11.6 Å². The fourth-order valence-corrected chi connectivity index (χ4v) is 1.77. The van der Waals surface area contributed by atoms with E-state index in [-0.39, 0.29) is 12.6 Å². The summed E-state index contributed by atoms with van der Waals surface area (Å²) in [5, 5.41) is 20.2. The molecule has 19 heavy (non-hydrogen) atoms. The Labute approximate surface area is 110 Å². The van der Waals surface area contributed by atoms with E-state index in [1.807, 2.05) is 12.1 Å². The van der Waals surface area contributed by atoms with Gasteiger partial charge in [-0.05, 0) is 26.0 Å². The van der Waals surface area contributed by atoms with Gasteiger partial charge in [-0.1, -0.05) is 6.07 Å². The molecule has 2 N–H and O–H groups in total. The molecule has 7 nitrogen and oxygen atoms in total. The van der Waals surface area contributed by atoms with Crippen LogP contribution in [0.25, 0.3) is 5.65 Å². The Balaban J connectivity index is 2.11. The third-order valence-electron chi connectivity index (χ3n) is 2.50. The largest absolute Gasteiger partial charge is 0.389 e. The maximum atomic E-state index is 12.0. The number of nitrogens with one attached hydrogen (secondary N) is 1. The molecule has 2 aromatic heterocycles. The number of hydrogen-bond donors (Lipinski definition) is 2. The smallest absolute Gasteiger partial charge is 0.324 e. The number of nitrogens with zero attached hydrogens (tertiary/aromatic N) is 4. The molecule has 0 saturated heterocycles. The Morgan fingerprint density at radius 2 is 2.21 bits per heavy atom. The first-order valence-electron chi connectivity index (χ1n) is 5.91. The maximum absolute atomic E-state index is 12.0. The van der Waals surface area contributed by atoms with Crippen molar-refractivity contribution in [3.63, 3.8) is 0 Å². The van der Waals surface area contributed by atoms with Crippen molar-refractivity contribution in [3.8, 4) is 0 Å². The highest BCUT2D eigenvalue weighted by Gasteiger charge is 2.20. The zero-order chi connectivity index (χ0) is 14.0. The second kappa shape index (κ2) is 4.85. The van der Waals surface area contributed by atoms with E-state index < -0.39 is 5.60 Å². The molecule has 2 amide bonds. The maximum Gasteiger partial charge on any atom is 0.324 e. The molecule has 0 aliphatic carbocycles. The molecular formula is C12H17N5O2. The van der Waals surface area contributed by atoms with Crippen molar-refractivity contribution >= 4 is 17.6 Å². The van der Waals surface area contributed by atoms with Crippen molar-refractivity contribution < 1.29 is 9.90 Å². The summed E-state index contributed by atoms with van der Waals surface area (Å²) in [6, 6.07) is 5.12. The zero-order valence-corrected chi connectivity index (χ0v) is 11.2. The number of amides is 2. The van der Waals surface area contributed by atoms with Crippen LogP contribution < -0.4 is 5.32 Å². The first kappa shape index (κ1) is 13.3. The molecule has 102 valence electrons. The van der Waals surface area contributed by atoms with Gasteiger partial charge in [0.1, 0.15) is 0 Å².